The van der Waals surface area contributed by atoms with E-state index in [9.17, 15) is 25.2 Å². The summed E-state index contributed by atoms with van der Waals surface area (Å²) in [5.74, 6) is 2.90. The van der Waals surface area contributed by atoms with Crippen LogP contribution in [0.25, 0.3) is 0 Å². The van der Waals surface area contributed by atoms with Gasteiger partial charge in [-0.3, -0.25) is 0 Å². The molecule has 0 aromatic heterocycles. The highest BCUT2D eigenvalue weighted by atomic mass is 16.7. The molecule has 0 aromatic rings. The molecule has 0 amide bonds. The number of rotatable bonds is 4. The molecule has 8 nitrogen and oxygen atoms in total. The Kier molecular flexibility index (Phi) is 6.80. The third-order valence-corrected chi connectivity index (χ3v) is 12.3. The first-order chi connectivity index (χ1) is 18.0. The second-order valence-electron chi connectivity index (χ2n) is 14.1. The van der Waals surface area contributed by atoms with Crippen molar-refractivity contribution in [2.24, 2.45) is 40.4 Å². The van der Waals surface area contributed by atoms with E-state index in [0.717, 1.165) is 32.1 Å². The minimum absolute atomic E-state index is 0.176. The van der Waals surface area contributed by atoms with Crippen molar-refractivity contribution in [3.05, 3.63) is 11.6 Å². The molecule has 214 valence electrons. The van der Waals surface area contributed by atoms with Crippen LogP contribution >= 0.6 is 0 Å². The van der Waals surface area contributed by atoms with Crippen molar-refractivity contribution in [1.29, 1.82) is 0 Å². The van der Waals surface area contributed by atoms with Gasteiger partial charge in [0.2, 0.25) is 0 Å². The summed E-state index contributed by atoms with van der Waals surface area (Å²) in [4.78, 5) is 11.8. The van der Waals surface area contributed by atoms with E-state index in [1.807, 2.05) is 0 Å². The maximum Gasteiger partial charge on any atom is 0.331 e. The van der Waals surface area contributed by atoms with Crippen LogP contribution in [0.5, 0.6) is 0 Å². The molecule has 6 rings (SSSR count). The molecular formula is C30H46O8. The number of fused-ring (bicyclic) bond motifs is 5. The number of aliphatic hydroxyl groups is 4. The fourth-order valence-electron chi connectivity index (χ4n) is 10.2. The van der Waals surface area contributed by atoms with E-state index in [0.29, 0.717) is 36.2 Å². The van der Waals surface area contributed by atoms with Gasteiger partial charge in [-0.05, 0) is 111 Å². The Morgan fingerprint density at radius 2 is 1.68 bits per heavy atom. The Bertz CT molecular complexity index is 966. The predicted molar refractivity (Wildman–Crippen MR) is 138 cm³/mol. The van der Waals surface area contributed by atoms with Gasteiger partial charge in [0.25, 0.3) is 0 Å². The van der Waals surface area contributed by atoms with Crippen molar-refractivity contribution in [2.45, 2.75) is 115 Å². The minimum Gasteiger partial charge on any atom is -0.458 e. The zero-order chi connectivity index (χ0) is 27.0. The number of hydrogen-bond acceptors (Lipinski definition) is 8. The number of hydrogen-bond donors (Lipinski definition) is 4. The molecule has 38 heavy (non-hydrogen) atoms. The smallest absolute Gasteiger partial charge is 0.331 e. The first-order valence-electron chi connectivity index (χ1n) is 14.8. The number of esters is 1. The largest absolute Gasteiger partial charge is 0.458 e. The molecule has 4 saturated carbocycles. The molecule has 4 aliphatic carbocycles. The summed E-state index contributed by atoms with van der Waals surface area (Å²) in [5.41, 5.74) is 1.21. The molecule has 13 atom stereocenters. The summed E-state index contributed by atoms with van der Waals surface area (Å²) in [6.07, 6.45) is 5.55. The molecule has 1 saturated heterocycles. The van der Waals surface area contributed by atoms with Gasteiger partial charge in [-0.1, -0.05) is 13.8 Å². The maximum absolute atomic E-state index is 11.8. The van der Waals surface area contributed by atoms with Gasteiger partial charge < -0.3 is 34.6 Å². The van der Waals surface area contributed by atoms with Crippen LogP contribution in [0.15, 0.2) is 11.6 Å². The van der Waals surface area contributed by atoms with Crippen LogP contribution in [0.2, 0.25) is 0 Å². The molecule has 8 heteroatoms. The van der Waals surface area contributed by atoms with Crippen molar-refractivity contribution in [3.8, 4) is 0 Å². The third kappa shape index (κ3) is 4.12. The second kappa shape index (κ2) is 9.52. The first-order valence-corrected chi connectivity index (χ1v) is 14.8. The van der Waals surface area contributed by atoms with Crippen molar-refractivity contribution in [1.82, 2.24) is 0 Å². The summed E-state index contributed by atoms with van der Waals surface area (Å²) >= 11 is 0. The summed E-state index contributed by atoms with van der Waals surface area (Å²) in [7, 11) is 0. The van der Waals surface area contributed by atoms with E-state index >= 15 is 0 Å². The zero-order valence-corrected chi connectivity index (χ0v) is 23.1. The first kappa shape index (κ1) is 27.2. The average Bonchev–Trinajstić information content (AvgIpc) is 3.47. The molecule has 5 fully saturated rings. The molecule has 2 heterocycles. The van der Waals surface area contributed by atoms with Crippen LogP contribution in [-0.4, -0.2) is 75.9 Å². The number of aliphatic hydroxyl groups excluding tert-OH is 4. The Morgan fingerprint density at radius 3 is 2.39 bits per heavy atom. The lowest BCUT2D eigenvalue weighted by atomic mass is 9.44. The summed E-state index contributed by atoms with van der Waals surface area (Å²) < 4.78 is 17.4. The van der Waals surface area contributed by atoms with Crippen molar-refractivity contribution in [2.75, 3.05) is 13.2 Å². The summed E-state index contributed by atoms with van der Waals surface area (Å²) in [6, 6.07) is 0. The highest BCUT2D eigenvalue weighted by molar-refractivity contribution is 5.85. The molecule has 0 radical (unpaired) electrons. The van der Waals surface area contributed by atoms with Crippen LogP contribution < -0.4 is 0 Å². The van der Waals surface area contributed by atoms with E-state index < -0.39 is 42.9 Å². The Labute approximate surface area is 225 Å². The van der Waals surface area contributed by atoms with Gasteiger partial charge >= 0.3 is 5.97 Å². The molecule has 0 bridgehead atoms. The van der Waals surface area contributed by atoms with Gasteiger partial charge in [0.05, 0.1) is 12.2 Å². The van der Waals surface area contributed by atoms with Crippen LogP contribution in [0.3, 0.4) is 0 Å². The van der Waals surface area contributed by atoms with Crippen molar-refractivity contribution >= 4 is 5.97 Å². The normalized spacial score (nSPS) is 54.5. The van der Waals surface area contributed by atoms with Gasteiger partial charge in [0.15, 0.2) is 6.29 Å². The lowest BCUT2D eigenvalue weighted by Gasteiger charge is -2.62. The predicted octanol–water partition coefficient (Wildman–Crippen LogP) is 2.70. The fourth-order valence-corrected chi connectivity index (χ4v) is 10.2. The Morgan fingerprint density at radius 1 is 0.921 bits per heavy atom. The van der Waals surface area contributed by atoms with E-state index in [2.05, 4.69) is 20.8 Å². The van der Waals surface area contributed by atoms with E-state index in [4.69, 9.17) is 14.2 Å². The molecular weight excluding hydrogens is 488 g/mol. The maximum atomic E-state index is 11.8. The van der Waals surface area contributed by atoms with Gasteiger partial charge in [0, 0.05) is 6.08 Å². The second-order valence-corrected chi connectivity index (χ2v) is 14.1. The number of cyclic esters (lactones) is 1. The zero-order valence-electron chi connectivity index (χ0n) is 23.1. The number of carbonyl (C=O) groups excluding carboxylic acids is 1. The number of carbonyl (C=O) groups is 1. The van der Waals surface area contributed by atoms with Crippen molar-refractivity contribution in [3.63, 3.8) is 0 Å². The van der Waals surface area contributed by atoms with Gasteiger partial charge in [-0.25, -0.2) is 4.79 Å². The summed E-state index contributed by atoms with van der Waals surface area (Å²) in [6.45, 7) is 7.09. The standard InChI is InChI=1S/C30H46O8/c1-28(38-27-26(35)25(34)24(33)22(14-31)37-27)10-11-29(2)17(13-28)4-5-18-20-7-6-19(16-12-23(32)36-15-16)30(20,3)9-8-21(18)29/h12,17-22,24-27,31,33-35H,4-11,13-15H2,1-3H3/t17-,18+,19-,20+,21+,22-,24-,25-,26-,27?,28+,29+,30-/m1/s1. The minimum atomic E-state index is -1.42. The molecule has 2 aliphatic heterocycles. The molecule has 0 aromatic carbocycles. The number of ether oxygens (including phenoxy) is 3. The van der Waals surface area contributed by atoms with Crippen LogP contribution in [0.1, 0.15) is 78.6 Å². The lowest BCUT2D eigenvalue weighted by molar-refractivity contribution is -0.333. The fraction of sp³-hybridized carbons (Fsp3) is 0.900. The molecule has 4 N–H and O–H groups in total. The topological polar surface area (TPSA) is 126 Å². The van der Waals surface area contributed by atoms with E-state index in [-0.39, 0.29) is 16.8 Å². The summed E-state index contributed by atoms with van der Waals surface area (Å²) in [5, 5.41) is 40.5. The monoisotopic (exact) mass is 534 g/mol. The van der Waals surface area contributed by atoms with Crippen LogP contribution in [0.4, 0.5) is 0 Å². The van der Waals surface area contributed by atoms with Gasteiger partial charge in [0.1, 0.15) is 31.0 Å². The highest BCUT2D eigenvalue weighted by Gasteiger charge is 2.62. The lowest BCUT2D eigenvalue weighted by Crippen LogP contribution is -2.61. The van der Waals surface area contributed by atoms with E-state index in [1.165, 1.54) is 31.3 Å². The third-order valence-electron chi connectivity index (χ3n) is 12.3. The van der Waals surface area contributed by atoms with Crippen LogP contribution in [-0.2, 0) is 19.0 Å². The van der Waals surface area contributed by atoms with Crippen LogP contribution in [0, 0.1) is 40.4 Å². The molecule has 6 aliphatic rings. The molecule has 0 spiro atoms. The van der Waals surface area contributed by atoms with Crippen molar-refractivity contribution < 1.29 is 39.4 Å². The van der Waals surface area contributed by atoms with Gasteiger partial charge in [-0.15, -0.1) is 0 Å². The van der Waals surface area contributed by atoms with E-state index in [1.54, 1.807) is 6.08 Å². The Hall–Kier alpha value is -1.03. The highest BCUT2D eigenvalue weighted by Crippen LogP contribution is 2.69. The quantitative estimate of drug-likeness (QED) is 0.321. The SMILES string of the molecule is C[C@]1(OC2O[C@H](CO)[C@@H](O)[C@@H](O)[C@H]2O)CC[C@@]2(C)[C@H](CC[C@@H]3[C@@H]2CC[C@]2(C)[C@@H](C4=CC(=O)OC4)CC[C@@H]32)C1. The average molecular weight is 535 g/mol. The Balaban J connectivity index is 1.15. The van der Waals surface area contributed by atoms with Gasteiger partial charge in [-0.2, -0.15) is 0 Å². The molecule has 1 unspecified atom stereocenters.